The largest absolute Gasteiger partial charge is 0.377 e. The van der Waals surface area contributed by atoms with Gasteiger partial charge in [-0.15, -0.1) is 0 Å². The van der Waals surface area contributed by atoms with Crippen molar-refractivity contribution in [3.8, 4) is 0 Å². The van der Waals surface area contributed by atoms with Crippen LogP contribution in [0.1, 0.15) is 65.2 Å². The van der Waals surface area contributed by atoms with E-state index in [1.54, 1.807) is 0 Å². The first kappa shape index (κ1) is 14.3. The van der Waals surface area contributed by atoms with Crippen LogP contribution in [0.2, 0.25) is 0 Å². The van der Waals surface area contributed by atoms with Crippen molar-refractivity contribution in [3.05, 3.63) is 0 Å². The molecule has 2 aliphatic carbocycles. The summed E-state index contributed by atoms with van der Waals surface area (Å²) in [5.74, 6) is 1.87. The van der Waals surface area contributed by atoms with Crippen LogP contribution in [0, 0.1) is 11.8 Å². The van der Waals surface area contributed by atoms with Crippen LogP contribution in [0.4, 0.5) is 0 Å². The highest BCUT2D eigenvalue weighted by Gasteiger charge is 2.19. The van der Waals surface area contributed by atoms with Crippen LogP contribution in [0.15, 0.2) is 0 Å². The lowest BCUT2D eigenvalue weighted by molar-refractivity contribution is 0.0203. The Morgan fingerprint density at radius 2 is 1.39 bits per heavy atom. The van der Waals surface area contributed by atoms with Gasteiger partial charge in [-0.25, -0.2) is 0 Å². The van der Waals surface area contributed by atoms with Gasteiger partial charge in [0.2, 0.25) is 0 Å². The van der Waals surface area contributed by atoms with Gasteiger partial charge in [-0.05, 0) is 63.2 Å². The molecule has 0 aromatic heterocycles. The van der Waals surface area contributed by atoms with Gasteiger partial charge in [-0.3, -0.25) is 0 Å². The van der Waals surface area contributed by atoms with Crippen LogP contribution in [0.5, 0.6) is 0 Å². The molecule has 0 unspecified atom stereocenters. The maximum atomic E-state index is 5.98. The van der Waals surface area contributed by atoms with E-state index in [0.29, 0.717) is 6.10 Å². The first-order valence-electron chi connectivity index (χ1n) is 8.09. The topological polar surface area (TPSA) is 21.3 Å². The molecule has 2 nitrogen and oxygen atoms in total. The van der Waals surface area contributed by atoms with E-state index >= 15 is 0 Å². The van der Waals surface area contributed by atoms with Gasteiger partial charge in [0.25, 0.3) is 0 Å². The maximum absolute atomic E-state index is 5.98. The summed E-state index contributed by atoms with van der Waals surface area (Å²) < 4.78 is 5.98. The lowest BCUT2D eigenvalue weighted by Gasteiger charge is -2.28. The Kier molecular flexibility index (Phi) is 5.97. The van der Waals surface area contributed by atoms with Crippen molar-refractivity contribution in [2.24, 2.45) is 11.8 Å². The summed E-state index contributed by atoms with van der Waals surface area (Å²) in [4.78, 5) is 0. The van der Waals surface area contributed by atoms with E-state index in [1.165, 1.54) is 51.4 Å². The average Bonchev–Trinajstić information content (AvgIpc) is 2.39. The standard InChI is InChI=1S/C16H31NO/c1-13-3-7-15(8-4-13)17-11-12-18-16-9-5-14(2)6-10-16/h13-17H,3-12H2,1-2H3. The summed E-state index contributed by atoms with van der Waals surface area (Å²) >= 11 is 0. The molecule has 0 saturated heterocycles. The molecule has 2 heteroatoms. The molecule has 0 bridgehead atoms. The molecule has 0 aromatic rings. The Hall–Kier alpha value is -0.0800. The minimum Gasteiger partial charge on any atom is -0.377 e. The molecule has 18 heavy (non-hydrogen) atoms. The van der Waals surface area contributed by atoms with E-state index in [4.69, 9.17) is 4.74 Å². The molecule has 2 saturated carbocycles. The Morgan fingerprint density at radius 1 is 0.833 bits per heavy atom. The fourth-order valence-electron chi connectivity index (χ4n) is 3.35. The van der Waals surface area contributed by atoms with E-state index in [2.05, 4.69) is 19.2 Å². The number of ether oxygens (including phenoxy) is 1. The van der Waals surface area contributed by atoms with Gasteiger partial charge >= 0.3 is 0 Å². The van der Waals surface area contributed by atoms with Gasteiger partial charge < -0.3 is 10.1 Å². The summed E-state index contributed by atoms with van der Waals surface area (Å²) in [5.41, 5.74) is 0. The quantitative estimate of drug-likeness (QED) is 0.753. The van der Waals surface area contributed by atoms with E-state index in [1.807, 2.05) is 0 Å². The van der Waals surface area contributed by atoms with Crippen molar-refractivity contribution in [1.29, 1.82) is 0 Å². The van der Waals surface area contributed by atoms with Crippen molar-refractivity contribution >= 4 is 0 Å². The first-order chi connectivity index (χ1) is 8.74. The molecule has 2 rings (SSSR count). The highest BCUT2D eigenvalue weighted by molar-refractivity contribution is 4.75. The van der Waals surface area contributed by atoms with E-state index in [0.717, 1.165) is 31.0 Å². The van der Waals surface area contributed by atoms with Crippen molar-refractivity contribution in [3.63, 3.8) is 0 Å². The molecule has 0 radical (unpaired) electrons. The minimum atomic E-state index is 0.550. The van der Waals surface area contributed by atoms with Crippen LogP contribution in [-0.4, -0.2) is 25.3 Å². The van der Waals surface area contributed by atoms with Gasteiger partial charge in [0.1, 0.15) is 0 Å². The normalized spacial score (nSPS) is 37.7. The lowest BCUT2D eigenvalue weighted by atomic mass is 9.87. The molecule has 2 aliphatic rings. The Morgan fingerprint density at radius 3 is 2.00 bits per heavy atom. The van der Waals surface area contributed by atoms with E-state index in [9.17, 15) is 0 Å². The summed E-state index contributed by atoms with van der Waals surface area (Å²) in [6, 6.07) is 0.760. The van der Waals surface area contributed by atoms with Crippen molar-refractivity contribution < 1.29 is 4.74 Å². The van der Waals surface area contributed by atoms with Gasteiger partial charge in [-0.1, -0.05) is 13.8 Å². The van der Waals surface area contributed by atoms with Crippen LogP contribution in [0.3, 0.4) is 0 Å². The molecule has 0 aliphatic heterocycles. The third-order valence-electron chi connectivity index (χ3n) is 4.87. The number of hydrogen-bond donors (Lipinski definition) is 1. The average molecular weight is 253 g/mol. The SMILES string of the molecule is CC1CCC(NCCOC2CCC(C)CC2)CC1. The summed E-state index contributed by atoms with van der Waals surface area (Å²) in [6.45, 7) is 6.70. The van der Waals surface area contributed by atoms with E-state index < -0.39 is 0 Å². The third kappa shape index (κ3) is 4.89. The van der Waals surface area contributed by atoms with Gasteiger partial charge in [0.05, 0.1) is 12.7 Å². The van der Waals surface area contributed by atoms with Crippen LogP contribution < -0.4 is 5.32 Å². The highest BCUT2D eigenvalue weighted by atomic mass is 16.5. The second-order valence-electron chi connectivity index (χ2n) is 6.66. The van der Waals surface area contributed by atoms with Crippen LogP contribution in [-0.2, 0) is 4.74 Å². The highest BCUT2D eigenvalue weighted by Crippen LogP contribution is 2.25. The maximum Gasteiger partial charge on any atom is 0.0594 e. The van der Waals surface area contributed by atoms with E-state index in [-0.39, 0.29) is 0 Å². The van der Waals surface area contributed by atoms with Gasteiger partial charge in [-0.2, -0.15) is 0 Å². The predicted octanol–water partition coefficient (Wildman–Crippen LogP) is 3.75. The molecule has 2 fully saturated rings. The minimum absolute atomic E-state index is 0.550. The predicted molar refractivity (Wildman–Crippen MR) is 76.8 cm³/mol. The Labute approximate surface area is 113 Å². The zero-order valence-electron chi connectivity index (χ0n) is 12.3. The molecule has 0 spiro atoms. The summed E-state index contributed by atoms with van der Waals surface area (Å²) in [5, 5.41) is 3.67. The Balaban J connectivity index is 1.48. The summed E-state index contributed by atoms with van der Waals surface area (Å²) in [7, 11) is 0. The molecule has 0 atom stereocenters. The van der Waals surface area contributed by atoms with Gasteiger partial charge in [0, 0.05) is 12.6 Å². The number of rotatable bonds is 5. The molecule has 0 amide bonds. The second kappa shape index (κ2) is 7.49. The zero-order chi connectivity index (χ0) is 12.8. The molecule has 106 valence electrons. The molecular weight excluding hydrogens is 222 g/mol. The second-order valence-corrected chi connectivity index (χ2v) is 6.66. The van der Waals surface area contributed by atoms with Crippen LogP contribution >= 0.6 is 0 Å². The molecule has 0 heterocycles. The third-order valence-corrected chi connectivity index (χ3v) is 4.87. The summed E-state index contributed by atoms with van der Waals surface area (Å²) in [6.07, 6.45) is 11.4. The molecule has 1 N–H and O–H groups in total. The van der Waals surface area contributed by atoms with Crippen LogP contribution in [0.25, 0.3) is 0 Å². The molecular formula is C16H31NO. The Bertz CT molecular complexity index is 191. The smallest absolute Gasteiger partial charge is 0.0594 e. The number of nitrogens with one attached hydrogen (secondary N) is 1. The fourth-order valence-corrected chi connectivity index (χ4v) is 3.35. The first-order valence-corrected chi connectivity index (χ1v) is 8.09. The zero-order valence-corrected chi connectivity index (χ0v) is 12.3. The van der Waals surface area contributed by atoms with Gasteiger partial charge in [0.15, 0.2) is 0 Å². The fraction of sp³-hybridized carbons (Fsp3) is 1.00. The lowest BCUT2D eigenvalue weighted by Crippen LogP contribution is -2.35. The van der Waals surface area contributed by atoms with Crippen molar-refractivity contribution in [1.82, 2.24) is 5.32 Å². The van der Waals surface area contributed by atoms with Crippen molar-refractivity contribution in [2.45, 2.75) is 77.4 Å². The number of hydrogen-bond acceptors (Lipinski definition) is 2. The monoisotopic (exact) mass is 253 g/mol. The molecule has 0 aromatic carbocycles. The van der Waals surface area contributed by atoms with Crippen molar-refractivity contribution in [2.75, 3.05) is 13.2 Å².